The third-order valence-electron chi connectivity index (χ3n) is 7.35. The number of nitrogens with one attached hydrogen (secondary N) is 1. The van der Waals surface area contributed by atoms with Crippen LogP contribution < -0.4 is 11.1 Å². The van der Waals surface area contributed by atoms with Crippen LogP contribution in [0.1, 0.15) is 43.2 Å². The molecule has 0 aliphatic carbocycles. The van der Waals surface area contributed by atoms with Crippen LogP contribution in [0.2, 0.25) is 0 Å². The van der Waals surface area contributed by atoms with Gasteiger partial charge in [-0.15, -0.1) is 0 Å². The molecule has 0 bridgehead atoms. The fourth-order valence-corrected chi connectivity index (χ4v) is 5.50. The van der Waals surface area contributed by atoms with Crippen molar-refractivity contribution in [2.45, 2.75) is 69.1 Å². The first-order valence-electron chi connectivity index (χ1n) is 13.3. The molecular weight excluding hydrogens is 484 g/mol. The minimum absolute atomic E-state index is 0.0594. The van der Waals surface area contributed by atoms with Gasteiger partial charge in [0, 0.05) is 32.0 Å². The number of amides is 3. The number of hydrogen-bond donors (Lipinski definition) is 3. The Bertz CT molecular complexity index is 1130. The molecule has 0 unspecified atom stereocenters. The fraction of sp³-hybridized carbons (Fsp3) is 0.448. The third-order valence-corrected chi connectivity index (χ3v) is 7.35. The van der Waals surface area contributed by atoms with Crippen molar-refractivity contribution in [1.82, 2.24) is 15.1 Å². The number of hydrogen-bond acceptors (Lipinski definition) is 5. The number of likely N-dealkylation sites (tertiary alicyclic amines) is 2. The number of nitrogens with two attached hydrogens (primary N) is 1. The largest absolute Gasteiger partial charge is 0.480 e. The summed E-state index contributed by atoms with van der Waals surface area (Å²) < 4.78 is 0. The van der Waals surface area contributed by atoms with Crippen LogP contribution in [-0.4, -0.2) is 75.9 Å². The van der Waals surface area contributed by atoms with Crippen LogP contribution in [0.25, 0.3) is 0 Å². The molecule has 2 aliphatic rings. The van der Waals surface area contributed by atoms with Crippen molar-refractivity contribution in [2.75, 3.05) is 13.1 Å². The Morgan fingerprint density at radius 1 is 0.842 bits per heavy atom. The fourth-order valence-electron chi connectivity index (χ4n) is 5.50. The van der Waals surface area contributed by atoms with Gasteiger partial charge in [-0.3, -0.25) is 14.4 Å². The van der Waals surface area contributed by atoms with E-state index in [9.17, 15) is 24.3 Å². The van der Waals surface area contributed by atoms with Gasteiger partial charge in [0.1, 0.15) is 18.1 Å². The summed E-state index contributed by atoms with van der Waals surface area (Å²) in [5.41, 5.74) is 8.16. The summed E-state index contributed by atoms with van der Waals surface area (Å²) in [4.78, 5) is 54.7. The molecular formula is C29H36N4O5. The number of carboxylic acid groups (broad SMARTS) is 1. The molecule has 2 fully saturated rings. The first kappa shape index (κ1) is 27.3. The molecule has 4 N–H and O–H groups in total. The molecule has 2 aromatic carbocycles. The van der Waals surface area contributed by atoms with E-state index in [-0.39, 0.29) is 30.6 Å². The first-order valence-corrected chi connectivity index (χ1v) is 13.3. The molecule has 9 heteroatoms. The second-order valence-electron chi connectivity index (χ2n) is 10.2. The van der Waals surface area contributed by atoms with E-state index in [1.54, 1.807) is 0 Å². The van der Waals surface area contributed by atoms with E-state index in [2.05, 4.69) is 5.32 Å². The lowest BCUT2D eigenvalue weighted by Crippen LogP contribution is -2.56. The van der Waals surface area contributed by atoms with Crippen molar-refractivity contribution in [2.24, 2.45) is 5.73 Å². The predicted molar refractivity (Wildman–Crippen MR) is 142 cm³/mol. The topological polar surface area (TPSA) is 133 Å². The number of aliphatic carboxylic acids is 1. The highest BCUT2D eigenvalue weighted by Gasteiger charge is 2.43. The standard InChI is InChI=1S/C29H36N4O5/c30-22(17-20-9-3-1-4-10-20)19-26(34)31-23(18-21-11-5-2-6-12-21)27(35)32-15-7-13-24(32)28(36)33-16-8-14-25(33)29(37)38/h1-6,9-12,22-25H,7-8,13-19,30H2,(H,31,34)(H,37,38)/t22-,23+,24+,25+/m0/s1. The van der Waals surface area contributed by atoms with Crippen LogP contribution in [0.4, 0.5) is 0 Å². The summed E-state index contributed by atoms with van der Waals surface area (Å²) in [5.74, 6) is -2.00. The van der Waals surface area contributed by atoms with E-state index in [1.807, 2.05) is 60.7 Å². The zero-order valence-corrected chi connectivity index (χ0v) is 21.5. The summed E-state index contributed by atoms with van der Waals surface area (Å²) in [6.07, 6.45) is 3.02. The molecule has 38 heavy (non-hydrogen) atoms. The Labute approximate surface area is 223 Å². The molecule has 0 aromatic heterocycles. The lowest BCUT2D eigenvalue weighted by molar-refractivity contribution is -0.152. The minimum Gasteiger partial charge on any atom is -0.480 e. The Morgan fingerprint density at radius 3 is 2.00 bits per heavy atom. The summed E-state index contributed by atoms with van der Waals surface area (Å²) >= 11 is 0. The highest BCUT2D eigenvalue weighted by molar-refractivity contribution is 5.94. The predicted octanol–water partition coefficient (Wildman–Crippen LogP) is 1.74. The zero-order valence-electron chi connectivity index (χ0n) is 21.5. The van der Waals surface area contributed by atoms with E-state index < -0.39 is 30.1 Å². The molecule has 2 aliphatic heterocycles. The Hall–Kier alpha value is -3.72. The summed E-state index contributed by atoms with van der Waals surface area (Å²) in [6.45, 7) is 0.757. The van der Waals surface area contributed by atoms with Crippen LogP contribution in [0.3, 0.4) is 0 Å². The average molecular weight is 521 g/mol. The molecule has 4 atom stereocenters. The SMILES string of the molecule is N[C@H](CC(=O)N[C@H](Cc1ccccc1)C(=O)N1CCC[C@@H]1C(=O)N1CCC[C@@H]1C(=O)O)Cc1ccccc1. The average Bonchev–Trinajstić information content (AvgIpc) is 3.59. The first-order chi connectivity index (χ1) is 18.3. The number of benzene rings is 2. The molecule has 2 aromatic rings. The maximum Gasteiger partial charge on any atom is 0.326 e. The third kappa shape index (κ3) is 6.77. The van der Waals surface area contributed by atoms with Gasteiger partial charge in [0.15, 0.2) is 0 Å². The second kappa shape index (κ2) is 12.7. The maximum absolute atomic E-state index is 13.8. The van der Waals surface area contributed by atoms with E-state index in [1.165, 1.54) is 9.80 Å². The van der Waals surface area contributed by atoms with Gasteiger partial charge < -0.3 is 26.0 Å². The van der Waals surface area contributed by atoms with Crippen molar-refractivity contribution in [3.63, 3.8) is 0 Å². The number of carbonyl (C=O) groups excluding carboxylic acids is 3. The summed E-state index contributed by atoms with van der Waals surface area (Å²) in [6, 6.07) is 16.2. The van der Waals surface area contributed by atoms with Crippen LogP contribution in [0.5, 0.6) is 0 Å². The quantitative estimate of drug-likeness (QED) is 0.437. The van der Waals surface area contributed by atoms with Crippen molar-refractivity contribution in [1.29, 1.82) is 0 Å². The van der Waals surface area contributed by atoms with Crippen LogP contribution in [-0.2, 0) is 32.0 Å². The van der Waals surface area contributed by atoms with Gasteiger partial charge in [0.2, 0.25) is 17.7 Å². The molecule has 2 saturated heterocycles. The zero-order chi connectivity index (χ0) is 27.1. The van der Waals surface area contributed by atoms with Crippen molar-refractivity contribution >= 4 is 23.7 Å². The monoisotopic (exact) mass is 520 g/mol. The van der Waals surface area contributed by atoms with E-state index >= 15 is 0 Å². The number of rotatable bonds is 10. The van der Waals surface area contributed by atoms with Crippen LogP contribution in [0, 0.1) is 0 Å². The summed E-state index contributed by atoms with van der Waals surface area (Å²) in [5, 5.41) is 12.4. The van der Waals surface area contributed by atoms with Crippen LogP contribution in [0.15, 0.2) is 60.7 Å². The number of nitrogens with zero attached hydrogens (tertiary/aromatic N) is 2. The van der Waals surface area contributed by atoms with Gasteiger partial charge >= 0.3 is 5.97 Å². The lowest BCUT2D eigenvalue weighted by atomic mass is 10.0. The second-order valence-corrected chi connectivity index (χ2v) is 10.2. The molecule has 3 amide bonds. The van der Waals surface area contributed by atoms with Gasteiger partial charge in [0.25, 0.3) is 0 Å². The molecule has 9 nitrogen and oxygen atoms in total. The normalized spacial score (nSPS) is 20.7. The molecule has 0 spiro atoms. The van der Waals surface area contributed by atoms with Crippen molar-refractivity contribution < 1.29 is 24.3 Å². The highest BCUT2D eigenvalue weighted by Crippen LogP contribution is 2.26. The van der Waals surface area contributed by atoms with E-state index in [0.29, 0.717) is 45.2 Å². The molecule has 202 valence electrons. The van der Waals surface area contributed by atoms with Gasteiger partial charge in [-0.25, -0.2) is 4.79 Å². The molecule has 0 saturated carbocycles. The van der Waals surface area contributed by atoms with Crippen LogP contribution >= 0.6 is 0 Å². The highest BCUT2D eigenvalue weighted by atomic mass is 16.4. The summed E-state index contributed by atoms with van der Waals surface area (Å²) in [7, 11) is 0. The van der Waals surface area contributed by atoms with Gasteiger partial charge in [-0.05, 0) is 43.2 Å². The number of carboxylic acids is 1. The lowest BCUT2D eigenvalue weighted by Gasteiger charge is -2.32. The molecule has 4 rings (SSSR count). The Kier molecular flexibility index (Phi) is 9.12. The maximum atomic E-state index is 13.8. The van der Waals surface area contributed by atoms with E-state index in [4.69, 9.17) is 5.73 Å². The van der Waals surface area contributed by atoms with Gasteiger partial charge in [-0.2, -0.15) is 0 Å². The Balaban J connectivity index is 1.46. The van der Waals surface area contributed by atoms with Crippen molar-refractivity contribution in [3.8, 4) is 0 Å². The molecule has 0 radical (unpaired) electrons. The van der Waals surface area contributed by atoms with Gasteiger partial charge in [-0.1, -0.05) is 60.7 Å². The number of carbonyl (C=O) groups is 4. The van der Waals surface area contributed by atoms with Gasteiger partial charge in [0.05, 0.1) is 0 Å². The van der Waals surface area contributed by atoms with E-state index in [0.717, 1.165) is 11.1 Å². The van der Waals surface area contributed by atoms with Crippen molar-refractivity contribution in [3.05, 3.63) is 71.8 Å². The minimum atomic E-state index is -1.02. The molecule has 2 heterocycles. The smallest absolute Gasteiger partial charge is 0.326 e. The Morgan fingerprint density at radius 2 is 1.39 bits per heavy atom.